The lowest BCUT2D eigenvalue weighted by atomic mass is 9.30. The van der Waals surface area contributed by atoms with Crippen LogP contribution in [0.4, 0.5) is 85.3 Å². The zero-order valence-corrected chi connectivity index (χ0v) is 56.7. The number of hydrogen-bond acceptors (Lipinski definition) is 9. The lowest BCUT2D eigenvalue weighted by Gasteiger charge is -2.47. The van der Waals surface area contributed by atoms with Crippen LogP contribution in [-0.4, -0.2) is 13.4 Å². The summed E-state index contributed by atoms with van der Waals surface area (Å²) < 4.78 is 15.0. The second-order valence-corrected chi connectivity index (χ2v) is 29.8. The Hall–Kier alpha value is -12.1. The molecule has 0 fully saturated rings. The van der Waals surface area contributed by atoms with Crippen LogP contribution in [-0.2, 0) is 0 Å². The van der Waals surface area contributed by atoms with E-state index in [1.54, 1.807) is 0 Å². The van der Waals surface area contributed by atoms with Crippen molar-refractivity contribution in [2.75, 3.05) is 24.5 Å². The van der Waals surface area contributed by atoms with Gasteiger partial charge in [0.1, 0.15) is 11.5 Å². The van der Waals surface area contributed by atoms with Gasteiger partial charge >= 0.3 is 0 Å². The van der Waals surface area contributed by atoms with Crippen molar-refractivity contribution >= 4 is 226 Å². The van der Waals surface area contributed by atoms with Crippen molar-refractivity contribution in [2.45, 2.75) is 0 Å². The molecule has 11 heteroatoms. The van der Waals surface area contributed by atoms with E-state index < -0.39 is 0 Å². The van der Waals surface area contributed by atoms with Crippen molar-refractivity contribution in [1.82, 2.24) is 0 Å². The number of ether oxygens (including phenoxy) is 1. The molecule has 4 aliphatic rings. The Kier molecular flexibility index (Phi) is 12.5. The van der Waals surface area contributed by atoms with Gasteiger partial charge in [-0.15, -0.1) is 34.0 Å². The maximum atomic E-state index is 7.54. The summed E-state index contributed by atoms with van der Waals surface area (Å²) in [6, 6.07) is 124. The van der Waals surface area contributed by atoms with Gasteiger partial charge in [-0.3, -0.25) is 0 Å². The molecule has 0 radical (unpaired) electrons. The molecule has 18 aromatic rings. The van der Waals surface area contributed by atoms with Crippen molar-refractivity contribution < 1.29 is 4.74 Å². The van der Waals surface area contributed by atoms with Gasteiger partial charge in [-0.05, 0) is 166 Å². The summed E-state index contributed by atoms with van der Waals surface area (Å²) in [5.74, 6) is 1.69. The molecule has 6 nitrogen and oxygen atoms in total. The highest BCUT2D eigenvalue weighted by molar-refractivity contribution is 7.27. The smallest absolute Gasteiger partial charge is 0.256 e. The van der Waals surface area contributed by atoms with E-state index in [-0.39, 0.29) is 13.4 Å². The zero-order chi connectivity index (χ0) is 66.0. The third-order valence-electron chi connectivity index (χ3n) is 21.2. The summed E-state index contributed by atoms with van der Waals surface area (Å²) in [6.07, 6.45) is 0. The first-order valence-corrected chi connectivity index (χ1v) is 36.9. The van der Waals surface area contributed by atoms with Crippen LogP contribution in [0.15, 0.2) is 334 Å². The van der Waals surface area contributed by atoms with Gasteiger partial charge in [0.05, 0.1) is 33.1 Å². The molecule has 0 N–H and O–H groups in total. The Labute approximate surface area is 596 Å². The van der Waals surface area contributed by atoms with Crippen LogP contribution in [0.1, 0.15) is 0 Å². The maximum absolute atomic E-state index is 7.54. The number of benzene rings is 15. The molecule has 4 aliphatic heterocycles. The van der Waals surface area contributed by atoms with E-state index in [0.29, 0.717) is 0 Å². The van der Waals surface area contributed by atoms with Gasteiger partial charge in [0.25, 0.3) is 13.4 Å². The van der Waals surface area contributed by atoms with Gasteiger partial charge in [0.15, 0.2) is 0 Å². The molecular weight excluding hydrogens is 1280 g/mol. The van der Waals surface area contributed by atoms with E-state index >= 15 is 0 Å². The molecule has 0 saturated heterocycles. The van der Waals surface area contributed by atoms with E-state index in [1.807, 2.05) is 34.0 Å². The third kappa shape index (κ3) is 8.46. The molecule has 0 unspecified atom stereocenters. The summed E-state index contributed by atoms with van der Waals surface area (Å²) in [7, 11) is 0. The molecule has 3 aromatic heterocycles. The summed E-state index contributed by atoms with van der Waals surface area (Å²) >= 11 is 5.58. The van der Waals surface area contributed by atoms with Crippen molar-refractivity contribution in [3.8, 4) is 11.5 Å². The molecule has 7 heterocycles. The van der Waals surface area contributed by atoms with Gasteiger partial charge in [0.2, 0.25) is 0 Å². The minimum Gasteiger partial charge on any atom is -0.458 e. The molecule has 0 atom stereocenters. The summed E-state index contributed by atoms with van der Waals surface area (Å²) in [5.41, 5.74) is 23.6. The van der Waals surface area contributed by atoms with Gasteiger partial charge in [-0.1, -0.05) is 194 Å². The topological polar surface area (TPSA) is 25.4 Å². The standard InChI is InChI=1S/C90H55B2N5OS3/c1-5-26-56(27-6-1)93(71-41-24-48-84-86(71)64-35-14-21-46-82(64)99-84)61-52-78-89-80(53-61)98-79-44-19-17-39-67(79)92(89)69-54-68-74(55-75(69)97(78)72-42-25-49-85-87(72)65-36-15-22-47-83(65)100-85)96(59-32-11-4-12-33-59)77-51-60(50-76-88(77)91(68)66-38-16-18-40-70(66)95(76)58-30-9-3-10-31-58)94(57-28-7-2-8-29-57)73-43-23-37-63-62-34-13-20-45-81(62)101-90(63)73/h1-55H. The normalized spacial score (nSPS) is 13.1. The predicted molar refractivity (Wildman–Crippen MR) is 434 cm³/mol. The number of fused-ring (bicyclic) bond motifs is 17. The van der Waals surface area contributed by atoms with E-state index in [1.165, 1.54) is 82.4 Å². The molecule has 470 valence electrons. The van der Waals surface area contributed by atoms with E-state index in [2.05, 4.69) is 358 Å². The highest BCUT2D eigenvalue weighted by atomic mass is 32.1. The van der Waals surface area contributed by atoms with E-state index in [4.69, 9.17) is 4.74 Å². The van der Waals surface area contributed by atoms with Crippen LogP contribution < -0.4 is 62.0 Å². The predicted octanol–water partition coefficient (Wildman–Crippen LogP) is 22.2. The van der Waals surface area contributed by atoms with Gasteiger partial charge < -0.3 is 29.2 Å². The van der Waals surface area contributed by atoms with Crippen LogP contribution in [0.25, 0.3) is 60.5 Å². The molecular formula is C90H55B2N5OS3. The Balaban J connectivity index is 0.863. The Morgan fingerprint density at radius 2 is 0.713 bits per heavy atom. The quantitative estimate of drug-likeness (QED) is 0.134. The number of hydrogen-bond donors (Lipinski definition) is 0. The second kappa shape index (κ2) is 22.2. The van der Waals surface area contributed by atoms with E-state index in [0.717, 1.165) is 108 Å². The summed E-state index contributed by atoms with van der Waals surface area (Å²) in [5, 5.41) is 7.43. The maximum Gasteiger partial charge on any atom is 0.256 e. The molecule has 0 aliphatic carbocycles. The average molecular weight is 1340 g/mol. The summed E-state index contributed by atoms with van der Waals surface area (Å²) in [6.45, 7) is -0.430. The molecule has 0 amide bonds. The first kappa shape index (κ1) is 56.9. The third-order valence-corrected chi connectivity index (χ3v) is 24.7. The first-order chi connectivity index (χ1) is 50.1. The second-order valence-electron chi connectivity index (χ2n) is 26.6. The van der Waals surface area contributed by atoms with Crippen molar-refractivity contribution in [1.29, 1.82) is 0 Å². The lowest BCUT2D eigenvalue weighted by Crippen LogP contribution is -2.64. The fourth-order valence-electron chi connectivity index (χ4n) is 17.1. The first-order valence-electron chi connectivity index (χ1n) is 34.4. The number of nitrogens with zero attached hydrogens (tertiary/aromatic N) is 5. The number of thiophene rings is 3. The average Bonchev–Trinajstić information content (AvgIpc) is 1.28. The summed E-state index contributed by atoms with van der Waals surface area (Å²) in [4.78, 5) is 12.8. The van der Waals surface area contributed by atoms with Crippen LogP contribution in [0, 0.1) is 0 Å². The zero-order valence-electron chi connectivity index (χ0n) is 54.3. The Morgan fingerprint density at radius 3 is 1.40 bits per heavy atom. The number of para-hydroxylation sites is 6. The Bertz CT molecular complexity index is 6460. The fraction of sp³-hybridized carbons (Fsp3) is 0. The highest BCUT2D eigenvalue weighted by Crippen LogP contribution is 2.55. The van der Waals surface area contributed by atoms with Gasteiger partial charge in [-0.2, -0.15) is 0 Å². The monoisotopic (exact) mass is 1340 g/mol. The van der Waals surface area contributed by atoms with Crippen molar-refractivity contribution in [2.24, 2.45) is 0 Å². The van der Waals surface area contributed by atoms with E-state index in [9.17, 15) is 0 Å². The molecule has 15 aromatic carbocycles. The minimum absolute atomic E-state index is 0.201. The SMILES string of the molecule is c1ccc(N2c3ccccc3B3c4cc5c(cc4N(c4ccccc4)c4cc(N(c6ccccc6)c6cccc7c6sc6ccccc67)cc2c43)N(c2cccc3sc4ccccc4c23)c2cc(N(c3ccccc3)c3cccc4sc6ccccc6c34)cc3c2B5c2ccccc2O3)cc1. The molecule has 22 rings (SSSR count). The Morgan fingerprint density at radius 1 is 0.257 bits per heavy atom. The van der Waals surface area contributed by atoms with Crippen LogP contribution in [0.3, 0.4) is 0 Å². The van der Waals surface area contributed by atoms with Crippen LogP contribution in [0.2, 0.25) is 0 Å². The molecule has 0 saturated carbocycles. The highest BCUT2D eigenvalue weighted by Gasteiger charge is 2.49. The van der Waals surface area contributed by atoms with Gasteiger partial charge in [0, 0.05) is 119 Å². The minimum atomic E-state index is -0.229. The van der Waals surface area contributed by atoms with Crippen molar-refractivity contribution in [3.05, 3.63) is 334 Å². The lowest BCUT2D eigenvalue weighted by molar-refractivity contribution is 0.487. The number of anilines is 15. The van der Waals surface area contributed by atoms with Gasteiger partial charge in [-0.25, -0.2) is 0 Å². The van der Waals surface area contributed by atoms with Crippen LogP contribution in [0.5, 0.6) is 11.5 Å². The fourth-order valence-corrected chi connectivity index (χ4v) is 20.6. The van der Waals surface area contributed by atoms with Crippen molar-refractivity contribution in [3.63, 3.8) is 0 Å². The number of rotatable bonds is 9. The largest absolute Gasteiger partial charge is 0.458 e. The molecule has 101 heavy (non-hydrogen) atoms. The molecule has 0 bridgehead atoms. The molecule has 0 spiro atoms. The van der Waals surface area contributed by atoms with Crippen LogP contribution >= 0.6 is 34.0 Å².